The van der Waals surface area contributed by atoms with Crippen molar-refractivity contribution in [1.29, 1.82) is 0 Å². The zero-order valence-electron chi connectivity index (χ0n) is 20.8. The lowest BCUT2D eigenvalue weighted by Gasteiger charge is -2.34. The van der Waals surface area contributed by atoms with Crippen LogP contribution >= 0.6 is 23.1 Å². The molecule has 11 heteroatoms. The van der Waals surface area contributed by atoms with Crippen LogP contribution in [-0.2, 0) is 0 Å². The van der Waals surface area contributed by atoms with Crippen molar-refractivity contribution in [3.8, 4) is 11.5 Å². The minimum absolute atomic E-state index is 0.00993. The molecule has 0 amide bonds. The summed E-state index contributed by atoms with van der Waals surface area (Å²) in [6, 6.07) is 11.7. The predicted molar refractivity (Wildman–Crippen MR) is 145 cm³/mol. The van der Waals surface area contributed by atoms with Gasteiger partial charge < -0.3 is 24.6 Å². The van der Waals surface area contributed by atoms with Crippen molar-refractivity contribution in [3.63, 3.8) is 0 Å². The van der Waals surface area contributed by atoms with Gasteiger partial charge in [0.15, 0.2) is 22.5 Å². The van der Waals surface area contributed by atoms with E-state index in [2.05, 4.69) is 25.3 Å². The number of rotatable bonds is 10. The molecule has 37 heavy (non-hydrogen) atoms. The van der Waals surface area contributed by atoms with Gasteiger partial charge in [0, 0.05) is 23.0 Å². The first kappa shape index (κ1) is 25.7. The number of pyridine rings is 1. The lowest BCUT2D eigenvalue weighted by molar-refractivity contribution is 0.143. The smallest absolute Gasteiger partial charge is 0.240 e. The molecule has 3 aromatic heterocycles. The molecule has 194 valence electrons. The van der Waals surface area contributed by atoms with Gasteiger partial charge in [-0.3, -0.25) is 0 Å². The van der Waals surface area contributed by atoms with E-state index in [-0.39, 0.29) is 11.9 Å². The number of anilines is 2. The number of nitrogens with one attached hydrogen (secondary N) is 1. The van der Waals surface area contributed by atoms with Crippen molar-refractivity contribution < 1.29 is 14.4 Å². The molecule has 1 fully saturated rings. The van der Waals surface area contributed by atoms with E-state index in [4.69, 9.17) is 14.2 Å². The summed E-state index contributed by atoms with van der Waals surface area (Å²) in [6.07, 6.45) is 3.83. The molecule has 4 aromatic rings. The highest BCUT2D eigenvalue weighted by Gasteiger charge is 2.32. The molecule has 5 rings (SSSR count). The standard InChI is InChI=1S/C26H30N6O3S2/c1-17-16-36-26(28-17)30-24-22(34-20-6-4-3-5-7-20)14-21(15-27-24)37-23(25-29-18(2)31-35-25)19-8-10-32(11-9-19)12-13-33/h3-7,14-16,19,23,33H,8-13H2,1-2H3,(H,27,28,30). The van der Waals surface area contributed by atoms with Gasteiger partial charge in [-0.15, -0.1) is 23.1 Å². The maximum Gasteiger partial charge on any atom is 0.240 e. The number of β-amino-alcohol motifs (C(OH)–C–C–N with tert-alkyl or cyclic N) is 1. The number of piperidine rings is 1. The summed E-state index contributed by atoms with van der Waals surface area (Å²) < 4.78 is 11.9. The van der Waals surface area contributed by atoms with Crippen LogP contribution in [0.25, 0.3) is 0 Å². The number of aliphatic hydroxyl groups is 1. The predicted octanol–water partition coefficient (Wildman–Crippen LogP) is 5.61. The maximum absolute atomic E-state index is 9.31. The summed E-state index contributed by atoms with van der Waals surface area (Å²) in [4.78, 5) is 17.1. The van der Waals surface area contributed by atoms with Crippen LogP contribution in [0.2, 0.25) is 0 Å². The van der Waals surface area contributed by atoms with Gasteiger partial charge in [-0.25, -0.2) is 9.97 Å². The van der Waals surface area contributed by atoms with Crippen molar-refractivity contribution in [2.24, 2.45) is 5.92 Å². The molecule has 0 bridgehead atoms. The first-order chi connectivity index (χ1) is 18.1. The second kappa shape index (κ2) is 12.0. The van der Waals surface area contributed by atoms with Gasteiger partial charge in [0.05, 0.1) is 17.6 Å². The average molecular weight is 539 g/mol. The molecular weight excluding hydrogens is 508 g/mol. The Balaban J connectivity index is 1.41. The molecule has 0 spiro atoms. The SMILES string of the molecule is Cc1csc(Nc2ncc(SC(c3nc(C)no3)C3CCN(CCO)CC3)cc2Oc2ccccc2)n1. The third kappa shape index (κ3) is 6.67. The van der Waals surface area contributed by atoms with Crippen molar-refractivity contribution >= 4 is 34.0 Å². The van der Waals surface area contributed by atoms with Gasteiger partial charge in [-0.1, -0.05) is 23.4 Å². The van der Waals surface area contributed by atoms with Gasteiger partial charge in [-0.05, 0) is 63.9 Å². The zero-order valence-corrected chi connectivity index (χ0v) is 22.5. The number of benzene rings is 1. The number of aliphatic hydroxyl groups excluding tert-OH is 1. The van der Waals surface area contributed by atoms with Crippen LogP contribution in [0.1, 0.15) is 35.5 Å². The Labute approximate surface area is 224 Å². The normalized spacial score (nSPS) is 15.5. The van der Waals surface area contributed by atoms with E-state index in [0.29, 0.717) is 35.7 Å². The fraction of sp³-hybridized carbons (Fsp3) is 0.385. The van der Waals surface area contributed by atoms with Crippen molar-refractivity contribution in [3.05, 3.63) is 65.4 Å². The highest BCUT2D eigenvalue weighted by Crippen LogP contribution is 2.45. The van der Waals surface area contributed by atoms with Crippen LogP contribution in [0, 0.1) is 19.8 Å². The number of aromatic nitrogens is 4. The van der Waals surface area contributed by atoms with E-state index in [1.54, 1.807) is 11.8 Å². The van der Waals surface area contributed by atoms with Crippen LogP contribution in [0.15, 0.2) is 57.4 Å². The lowest BCUT2D eigenvalue weighted by atomic mass is 9.93. The summed E-state index contributed by atoms with van der Waals surface area (Å²) in [5.41, 5.74) is 0.952. The molecule has 4 heterocycles. The van der Waals surface area contributed by atoms with E-state index in [0.717, 1.165) is 47.4 Å². The number of thioether (sulfide) groups is 1. The summed E-state index contributed by atoms with van der Waals surface area (Å²) in [5.74, 6) is 3.56. The Kier molecular flexibility index (Phi) is 8.34. The third-order valence-corrected chi connectivity index (χ3v) is 8.38. The minimum Gasteiger partial charge on any atom is -0.453 e. The number of likely N-dealkylation sites (tertiary alicyclic amines) is 1. The third-order valence-electron chi connectivity index (χ3n) is 6.17. The largest absolute Gasteiger partial charge is 0.453 e. The number of hydrogen-bond acceptors (Lipinski definition) is 11. The average Bonchev–Trinajstić information content (AvgIpc) is 3.53. The van der Waals surface area contributed by atoms with Crippen LogP contribution in [0.4, 0.5) is 10.9 Å². The molecule has 0 saturated carbocycles. The molecule has 1 aromatic carbocycles. The molecule has 9 nitrogen and oxygen atoms in total. The zero-order chi connectivity index (χ0) is 25.6. The summed E-state index contributed by atoms with van der Waals surface area (Å²) in [6.45, 7) is 6.57. The monoisotopic (exact) mass is 538 g/mol. The van der Waals surface area contributed by atoms with Crippen LogP contribution in [0.5, 0.6) is 11.5 Å². The Hall–Kier alpha value is -2.99. The summed E-state index contributed by atoms with van der Waals surface area (Å²) >= 11 is 3.20. The van der Waals surface area contributed by atoms with Gasteiger partial charge in [0.2, 0.25) is 5.89 Å². The van der Waals surface area contributed by atoms with Crippen LogP contribution < -0.4 is 10.1 Å². The second-order valence-electron chi connectivity index (χ2n) is 8.97. The highest BCUT2D eigenvalue weighted by atomic mass is 32.2. The molecule has 1 aliphatic heterocycles. The molecule has 0 radical (unpaired) electrons. The molecule has 1 aliphatic rings. The van der Waals surface area contributed by atoms with Crippen LogP contribution in [-0.4, -0.2) is 56.4 Å². The van der Waals surface area contributed by atoms with Gasteiger partial charge in [0.1, 0.15) is 5.75 Å². The van der Waals surface area contributed by atoms with Crippen molar-refractivity contribution in [2.45, 2.75) is 36.8 Å². The number of nitrogens with zero attached hydrogens (tertiary/aromatic N) is 5. The van der Waals surface area contributed by atoms with E-state index in [9.17, 15) is 5.11 Å². The first-order valence-corrected chi connectivity index (χ1v) is 14.1. The minimum atomic E-state index is -0.00993. The van der Waals surface area contributed by atoms with E-state index in [1.807, 2.05) is 61.8 Å². The fourth-order valence-electron chi connectivity index (χ4n) is 4.34. The Bertz CT molecular complexity index is 1290. The molecular formula is C26H30N6O3S2. The van der Waals surface area contributed by atoms with Gasteiger partial charge in [0.25, 0.3) is 0 Å². The first-order valence-electron chi connectivity index (χ1n) is 12.3. The number of aryl methyl sites for hydroxylation is 2. The summed E-state index contributed by atoms with van der Waals surface area (Å²) in [5, 5.41) is 19.4. The van der Waals surface area contributed by atoms with Gasteiger partial charge in [-0.2, -0.15) is 4.98 Å². The van der Waals surface area contributed by atoms with Crippen molar-refractivity contribution in [2.75, 3.05) is 31.6 Å². The Morgan fingerprint density at radius 2 is 2.03 bits per heavy atom. The number of para-hydroxylation sites is 1. The highest BCUT2D eigenvalue weighted by molar-refractivity contribution is 7.99. The van der Waals surface area contributed by atoms with Gasteiger partial charge >= 0.3 is 0 Å². The Morgan fingerprint density at radius 1 is 1.22 bits per heavy atom. The number of thiazole rings is 1. The topological polar surface area (TPSA) is 109 Å². The number of hydrogen-bond donors (Lipinski definition) is 2. The van der Waals surface area contributed by atoms with E-state index in [1.165, 1.54) is 11.3 Å². The maximum atomic E-state index is 9.31. The Morgan fingerprint density at radius 3 is 2.70 bits per heavy atom. The number of ether oxygens (including phenoxy) is 1. The van der Waals surface area contributed by atoms with E-state index >= 15 is 0 Å². The quantitative estimate of drug-likeness (QED) is 0.247. The summed E-state index contributed by atoms with van der Waals surface area (Å²) in [7, 11) is 0. The van der Waals surface area contributed by atoms with E-state index < -0.39 is 0 Å². The fourth-order valence-corrected chi connectivity index (χ4v) is 6.27. The molecule has 1 atom stereocenters. The molecule has 1 saturated heterocycles. The lowest BCUT2D eigenvalue weighted by Crippen LogP contribution is -2.36. The van der Waals surface area contributed by atoms with Crippen molar-refractivity contribution in [1.82, 2.24) is 25.0 Å². The second-order valence-corrected chi connectivity index (χ2v) is 11.0. The molecule has 1 unspecified atom stereocenters. The molecule has 2 N–H and O–H groups in total. The molecule has 0 aliphatic carbocycles. The van der Waals surface area contributed by atoms with Crippen LogP contribution in [0.3, 0.4) is 0 Å².